The van der Waals surface area contributed by atoms with Crippen molar-refractivity contribution in [3.05, 3.63) is 34.3 Å². The van der Waals surface area contributed by atoms with Crippen molar-refractivity contribution in [1.29, 1.82) is 0 Å². The van der Waals surface area contributed by atoms with Crippen LogP contribution in [0.25, 0.3) is 0 Å². The highest BCUT2D eigenvalue weighted by molar-refractivity contribution is 6.30. The molecule has 0 aliphatic rings. The van der Waals surface area contributed by atoms with E-state index in [0.29, 0.717) is 5.92 Å². The van der Waals surface area contributed by atoms with Crippen LogP contribution in [-0.2, 0) is 12.0 Å². The largest absolute Gasteiger partial charge is 0.322 e. The molecule has 0 radical (unpaired) electrons. The fourth-order valence-electron chi connectivity index (χ4n) is 1.80. The first-order valence-corrected chi connectivity index (χ1v) is 5.76. The first kappa shape index (κ1) is 12.5. The van der Waals surface area contributed by atoms with Crippen molar-refractivity contribution in [1.82, 2.24) is 0 Å². The van der Waals surface area contributed by atoms with Gasteiger partial charge in [-0.25, -0.2) is 0 Å². The third-order valence-corrected chi connectivity index (χ3v) is 2.62. The second kappa shape index (κ2) is 4.54. The minimum atomic E-state index is -0.297. The zero-order valence-electron chi connectivity index (χ0n) is 9.97. The first-order chi connectivity index (χ1) is 6.80. The van der Waals surface area contributed by atoms with E-state index in [1.165, 1.54) is 11.1 Å². The molecule has 0 fully saturated rings. The second-order valence-corrected chi connectivity index (χ2v) is 5.56. The molecule has 0 aliphatic heterocycles. The van der Waals surface area contributed by atoms with Crippen molar-refractivity contribution in [2.45, 2.75) is 39.7 Å². The molecule has 0 amide bonds. The molecule has 84 valence electrons. The van der Waals surface area contributed by atoms with Crippen LogP contribution in [0, 0.1) is 5.92 Å². The third kappa shape index (κ3) is 3.51. The van der Waals surface area contributed by atoms with Gasteiger partial charge in [-0.05, 0) is 49.4 Å². The maximum atomic E-state index is 6.14. The van der Waals surface area contributed by atoms with E-state index in [1.54, 1.807) is 0 Å². The van der Waals surface area contributed by atoms with Gasteiger partial charge >= 0.3 is 0 Å². The van der Waals surface area contributed by atoms with E-state index in [4.69, 9.17) is 17.3 Å². The molecule has 0 atom stereocenters. The Balaban J connectivity index is 3.15. The molecule has 0 saturated carbocycles. The van der Waals surface area contributed by atoms with Crippen LogP contribution in [0.1, 0.15) is 38.8 Å². The summed E-state index contributed by atoms with van der Waals surface area (Å²) < 4.78 is 0. The van der Waals surface area contributed by atoms with Gasteiger partial charge in [0.1, 0.15) is 0 Å². The van der Waals surface area contributed by atoms with E-state index >= 15 is 0 Å². The molecule has 2 N–H and O–H groups in total. The number of benzene rings is 1. The monoisotopic (exact) mass is 225 g/mol. The van der Waals surface area contributed by atoms with Gasteiger partial charge in [-0.3, -0.25) is 0 Å². The van der Waals surface area contributed by atoms with Gasteiger partial charge in [0, 0.05) is 10.6 Å². The van der Waals surface area contributed by atoms with Crippen molar-refractivity contribution >= 4 is 11.6 Å². The van der Waals surface area contributed by atoms with Gasteiger partial charge in [0.05, 0.1) is 0 Å². The molecule has 2 heteroatoms. The highest BCUT2D eigenvalue weighted by Crippen LogP contribution is 2.26. The minimum Gasteiger partial charge on any atom is -0.322 e. The van der Waals surface area contributed by atoms with Crippen LogP contribution in [0.3, 0.4) is 0 Å². The molecular weight excluding hydrogens is 206 g/mol. The molecule has 0 saturated heterocycles. The SMILES string of the molecule is CC(C)Cc1cc(Cl)ccc1C(C)(C)N. The summed E-state index contributed by atoms with van der Waals surface area (Å²) in [4.78, 5) is 0. The minimum absolute atomic E-state index is 0.297. The average molecular weight is 226 g/mol. The first-order valence-electron chi connectivity index (χ1n) is 5.38. The lowest BCUT2D eigenvalue weighted by Gasteiger charge is -2.24. The van der Waals surface area contributed by atoms with Gasteiger partial charge in [-0.1, -0.05) is 31.5 Å². The van der Waals surface area contributed by atoms with Crippen LogP contribution in [0.4, 0.5) is 0 Å². The van der Waals surface area contributed by atoms with Crippen LogP contribution in [0.2, 0.25) is 5.02 Å². The van der Waals surface area contributed by atoms with Gasteiger partial charge in [0.25, 0.3) is 0 Å². The van der Waals surface area contributed by atoms with Crippen LogP contribution < -0.4 is 5.73 Å². The zero-order valence-corrected chi connectivity index (χ0v) is 10.7. The van der Waals surface area contributed by atoms with Gasteiger partial charge in [-0.15, -0.1) is 0 Å². The molecule has 1 aromatic carbocycles. The van der Waals surface area contributed by atoms with Gasteiger partial charge < -0.3 is 5.73 Å². The summed E-state index contributed by atoms with van der Waals surface area (Å²) in [5, 5.41) is 0.790. The van der Waals surface area contributed by atoms with Crippen molar-refractivity contribution in [2.75, 3.05) is 0 Å². The fraction of sp³-hybridized carbons (Fsp3) is 0.538. The number of hydrogen-bond donors (Lipinski definition) is 1. The Morgan fingerprint density at radius 2 is 1.93 bits per heavy atom. The molecule has 0 aliphatic carbocycles. The number of hydrogen-bond acceptors (Lipinski definition) is 1. The summed E-state index contributed by atoms with van der Waals surface area (Å²) in [6.07, 6.45) is 1.02. The predicted molar refractivity (Wildman–Crippen MR) is 67.2 cm³/mol. The van der Waals surface area contributed by atoms with E-state index in [9.17, 15) is 0 Å². The van der Waals surface area contributed by atoms with Crippen LogP contribution in [0.5, 0.6) is 0 Å². The maximum Gasteiger partial charge on any atom is 0.0408 e. The molecule has 1 aromatic rings. The molecule has 0 bridgehead atoms. The van der Waals surface area contributed by atoms with E-state index in [-0.39, 0.29) is 5.54 Å². The predicted octanol–water partition coefficient (Wildman–Crippen LogP) is 3.73. The van der Waals surface area contributed by atoms with Gasteiger partial charge in [0.15, 0.2) is 0 Å². The molecule has 1 nitrogen and oxygen atoms in total. The van der Waals surface area contributed by atoms with Crippen LogP contribution in [-0.4, -0.2) is 0 Å². The van der Waals surface area contributed by atoms with E-state index in [1.807, 2.05) is 32.0 Å². The van der Waals surface area contributed by atoms with Crippen LogP contribution in [0.15, 0.2) is 18.2 Å². The van der Waals surface area contributed by atoms with Gasteiger partial charge in [-0.2, -0.15) is 0 Å². The van der Waals surface area contributed by atoms with Crippen molar-refractivity contribution in [3.63, 3.8) is 0 Å². The maximum absolute atomic E-state index is 6.14. The Morgan fingerprint density at radius 1 is 1.33 bits per heavy atom. The van der Waals surface area contributed by atoms with E-state index in [2.05, 4.69) is 13.8 Å². The number of rotatable bonds is 3. The molecule has 0 unspecified atom stereocenters. The molecule has 0 aromatic heterocycles. The Labute approximate surface area is 97.6 Å². The summed E-state index contributed by atoms with van der Waals surface area (Å²) in [6, 6.07) is 5.99. The highest BCUT2D eigenvalue weighted by atomic mass is 35.5. The van der Waals surface area contributed by atoms with Crippen molar-refractivity contribution in [2.24, 2.45) is 11.7 Å². The third-order valence-electron chi connectivity index (χ3n) is 2.39. The quantitative estimate of drug-likeness (QED) is 0.834. The lowest BCUT2D eigenvalue weighted by atomic mass is 9.87. The van der Waals surface area contributed by atoms with Crippen molar-refractivity contribution in [3.8, 4) is 0 Å². The van der Waals surface area contributed by atoms with E-state index in [0.717, 1.165) is 11.4 Å². The summed E-state index contributed by atoms with van der Waals surface area (Å²) in [5.74, 6) is 0.615. The summed E-state index contributed by atoms with van der Waals surface area (Å²) >= 11 is 6.01. The second-order valence-electron chi connectivity index (χ2n) is 5.12. The van der Waals surface area contributed by atoms with Crippen molar-refractivity contribution < 1.29 is 0 Å². The Bertz CT molecular complexity index is 337. The lowest BCUT2D eigenvalue weighted by molar-refractivity contribution is 0.538. The lowest BCUT2D eigenvalue weighted by Crippen LogP contribution is -2.30. The molecule has 0 heterocycles. The molecule has 1 rings (SSSR count). The summed E-state index contributed by atoms with van der Waals surface area (Å²) in [7, 11) is 0. The highest BCUT2D eigenvalue weighted by Gasteiger charge is 2.18. The Morgan fingerprint density at radius 3 is 2.40 bits per heavy atom. The fourth-order valence-corrected chi connectivity index (χ4v) is 1.99. The summed E-state index contributed by atoms with van der Waals surface area (Å²) in [6.45, 7) is 8.46. The normalized spacial score (nSPS) is 12.2. The average Bonchev–Trinajstić information content (AvgIpc) is 1.99. The molecular formula is C13H20ClN. The van der Waals surface area contributed by atoms with Crippen LogP contribution >= 0.6 is 11.6 Å². The zero-order chi connectivity index (χ0) is 11.6. The Hall–Kier alpha value is -0.530. The summed E-state index contributed by atoms with van der Waals surface area (Å²) in [5.41, 5.74) is 8.31. The molecule has 0 spiro atoms. The molecule has 15 heavy (non-hydrogen) atoms. The number of nitrogens with two attached hydrogens (primary N) is 1. The smallest absolute Gasteiger partial charge is 0.0408 e. The van der Waals surface area contributed by atoms with Gasteiger partial charge in [0.2, 0.25) is 0 Å². The Kier molecular flexibility index (Phi) is 3.80. The topological polar surface area (TPSA) is 26.0 Å². The number of halogens is 1. The standard InChI is InChI=1S/C13H20ClN/c1-9(2)7-10-8-11(14)5-6-12(10)13(3,4)15/h5-6,8-9H,7,15H2,1-4H3. The van der Waals surface area contributed by atoms with E-state index < -0.39 is 0 Å².